The van der Waals surface area contributed by atoms with Gasteiger partial charge >= 0.3 is 0 Å². The molecule has 1 saturated heterocycles. The molecule has 29 heavy (non-hydrogen) atoms. The Bertz CT molecular complexity index is 995. The maximum atomic E-state index is 13.1. The number of carbonyl (C=O) groups excluding carboxylic acids is 2. The standard InChI is InChI=1S/C21H20Cl2N2O4/c1-28-18-7-12-5-6-24(11-13(12)8-19(18)29-2)17-10-20(26)25(21(17)27)16-4-3-14(22)9-15(16)23/h3-4,7-9,17H,5-6,10-11H2,1-2H3. The second-order valence-corrected chi connectivity index (χ2v) is 7.92. The predicted molar refractivity (Wildman–Crippen MR) is 111 cm³/mol. The van der Waals surface area contributed by atoms with Crippen molar-refractivity contribution in [2.45, 2.75) is 25.4 Å². The molecule has 0 radical (unpaired) electrons. The first-order valence-electron chi connectivity index (χ1n) is 9.22. The van der Waals surface area contributed by atoms with E-state index in [1.54, 1.807) is 26.4 Å². The Labute approximate surface area is 178 Å². The Hall–Kier alpha value is -2.28. The van der Waals surface area contributed by atoms with Gasteiger partial charge in [-0.25, -0.2) is 4.90 Å². The normalized spacial score (nSPS) is 19.4. The van der Waals surface area contributed by atoms with Gasteiger partial charge in [-0.2, -0.15) is 0 Å². The summed E-state index contributed by atoms with van der Waals surface area (Å²) in [7, 11) is 3.20. The molecule has 0 aliphatic carbocycles. The lowest BCUT2D eigenvalue weighted by Gasteiger charge is -2.32. The SMILES string of the molecule is COc1cc2c(cc1OC)CN(C1CC(=O)N(c3ccc(Cl)cc3Cl)C1=O)CC2. The molecular weight excluding hydrogens is 415 g/mol. The zero-order chi connectivity index (χ0) is 20.7. The van der Waals surface area contributed by atoms with E-state index in [4.69, 9.17) is 32.7 Å². The number of fused-ring (bicyclic) bond motifs is 1. The molecule has 2 aromatic carbocycles. The Balaban J connectivity index is 1.59. The van der Waals surface area contributed by atoms with Crippen molar-refractivity contribution in [1.29, 1.82) is 0 Å². The highest BCUT2D eigenvalue weighted by molar-refractivity contribution is 6.38. The van der Waals surface area contributed by atoms with Crippen molar-refractivity contribution in [3.8, 4) is 11.5 Å². The number of hydrogen-bond donors (Lipinski definition) is 0. The van der Waals surface area contributed by atoms with Gasteiger partial charge in [-0.15, -0.1) is 0 Å². The molecule has 4 rings (SSSR count). The summed E-state index contributed by atoms with van der Waals surface area (Å²) >= 11 is 12.2. The van der Waals surface area contributed by atoms with Gasteiger partial charge in [-0.3, -0.25) is 14.5 Å². The fraction of sp³-hybridized carbons (Fsp3) is 0.333. The minimum absolute atomic E-state index is 0.125. The smallest absolute Gasteiger partial charge is 0.251 e. The van der Waals surface area contributed by atoms with Gasteiger partial charge < -0.3 is 9.47 Å². The molecule has 2 aromatic rings. The molecule has 1 atom stereocenters. The highest BCUT2D eigenvalue weighted by Gasteiger charge is 2.44. The lowest BCUT2D eigenvalue weighted by atomic mass is 9.97. The molecule has 8 heteroatoms. The number of benzene rings is 2. The molecule has 1 fully saturated rings. The summed E-state index contributed by atoms with van der Waals surface area (Å²) in [6.07, 6.45) is 0.885. The number of halogens is 2. The Morgan fingerprint density at radius 1 is 1.00 bits per heavy atom. The van der Waals surface area contributed by atoms with Crippen LogP contribution in [0.4, 0.5) is 5.69 Å². The molecule has 2 heterocycles. The summed E-state index contributed by atoms with van der Waals surface area (Å²) in [5, 5.41) is 0.729. The highest BCUT2D eigenvalue weighted by Crippen LogP contribution is 2.37. The quantitative estimate of drug-likeness (QED) is 0.686. The summed E-state index contributed by atoms with van der Waals surface area (Å²) in [4.78, 5) is 29.0. The van der Waals surface area contributed by atoms with Crippen molar-refractivity contribution >= 4 is 40.7 Å². The van der Waals surface area contributed by atoms with Crippen molar-refractivity contribution < 1.29 is 19.1 Å². The second-order valence-electron chi connectivity index (χ2n) is 7.08. The van der Waals surface area contributed by atoms with Crippen LogP contribution in [-0.2, 0) is 22.6 Å². The number of rotatable bonds is 4. The first kappa shape index (κ1) is 20.0. The third-order valence-corrected chi connectivity index (χ3v) is 6.00. The monoisotopic (exact) mass is 434 g/mol. The van der Waals surface area contributed by atoms with Crippen LogP contribution in [0.5, 0.6) is 11.5 Å². The third-order valence-electron chi connectivity index (χ3n) is 5.46. The number of ether oxygens (including phenoxy) is 2. The fourth-order valence-corrected chi connectivity index (χ4v) is 4.48. The van der Waals surface area contributed by atoms with Crippen LogP contribution in [0.2, 0.25) is 10.0 Å². The van der Waals surface area contributed by atoms with E-state index in [9.17, 15) is 9.59 Å². The van der Waals surface area contributed by atoms with E-state index in [1.165, 1.54) is 11.0 Å². The molecule has 2 aliphatic rings. The minimum atomic E-state index is -0.518. The van der Waals surface area contributed by atoms with E-state index in [0.29, 0.717) is 35.3 Å². The molecule has 0 spiro atoms. The molecule has 6 nitrogen and oxygen atoms in total. The molecule has 0 N–H and O–H groups in total. The van der Waals surface area contributed by atoms with Crippen LogP contribution in [0.1, 0.15) is 17.5 Å². The lowest BCUT2D eigenvalue weighted by Crippen LogP contribution is -2.44. The molecule has 2 aliphatic heterocycles. The summed E-state index contributed by atoms with van der Waals surface area (Å²) in [5.74, 6) is 0.817. The van der Waals surface area contributed by atoms with Gasteiger partial charge in [0, 0.05) is 18.1 Å². The van der Waals surface area contributed by atoms with E-state index in [0.717, 1.165) is 17.5 Å². The molecule has 2 amide bonds. The van der Waals surface area contributed by atoms with Gasteiger partial charge in [0.15, 0.2) is 11.5 Å². The number of carbonyl (C=O) groups is 2. The Kier molecular flexibility index (Phi) is 5.42. The Morgan fingerprint density at radius 2 is 1.69 bits per heavy atom. The molecule has 1 unspecified atom stereocenters. The van der Waals surface area contributed by atoms with E-state index in [-0.39, 0.29) is 23.3 Å². The zero-order valence-electron chi connectivity index (χ0n) is 16.1. The van der Waals surface area contributed by atoms with Crippen LogP contribution in [0, 0.1) is 0 Å². The van der Waals surface area contributed by atoms with E-state index in [2.05, 4.69) is 0 Å². The van der Waals surface area contributed by atoms with Crippen molar-refractivity contribution in [2.75, 3.05) is 25.7 Å². The van der Waals surface area contributed by atoms with Crippen LogP contribution in [0.3, 0.4) is 0 Å². The maximum Gasteiger partial charge on any atom is 0.251 e. The van der Waals surface area contributed by atoms with Gasteiger partial charge in [-0.05, 0) is 47.9 Å². The fourth-order valence-electron chi connectivity index (χ4n) is 3.99. The molecule has 0 aromatic heterocycles. The van der Waals surface area contributed by atoms with Gasteiger partial charge in [-0.1, -0.05) is 23.2 Å². The average molecular weight is 435 g/mol. The molecular formula is C21H20Cl2N2O4. The second kappa shape index (κ2) is 7.86. The average Bonchev–Trinajstić information content (AvgIpc) is 3.00. The van der Waals surface area contributed by atoms with Crippen molar-refractivity contribution in [1.82, 2.24) is 4.90 Å². The third kappa shape index (κ3) is 3.56. The van der Waals surface area contributed by atoms with Crippen LogP contribution >= 0.6 is 23.2 Å². The highest BCUT2D eigenvalue weighted by atomic mass is 35.5. The van der Waals surface area contributed by atoms with Crippen LogP contribution in [0.15, 0.2) is 30.3 Å². The van der Waals surface area contributed by atoms with Crippen LogP contribution in [0.25, 0.3) is 0 Å². The summed E-state index contributed by atoms with van der Waals surface area (Å²) in [5.41, 5.74) is 2.60. The van der Waals surface area contributed by atoms with Crippen molar-refractivity contribution in [3.63, 3.8) is 0 Å². The summed E-state index contributed by atoms with van der Waals surface area (Å²) in [6, 6.07) is 8.15. The van der Waals surface area contributed by atoms with E-state index >= 15 is 0 Å². The zero-order valence-corrected chi connectivity index (χ0v) is 17.6. The molecule has 0 saturated carbocycles. The Morgan fingerprint density at radius 3 is 2.34 bits per heavy atom. The van der Waals surface area contributed by atoms with Crippen molar-refractivity contribution in [2.24, 2.45) is 0 Å². The molecule has 0 bridgehead atoms. The van der Waals surface area contributed by atoms with Crippen LogP contribution < -0.4 is 14.4 Å². The van der Waals surface area contributed by atoms with Gasteiger partial charge in [0.2, 0.25) is 5.91 Å². The number of hydrogen-bond acceptors (Lipinski definition) is 5. The summed E-state index contributed by atoms with van der Waals surface area (Å²) < 4.78 is 10.8. The number of imide groups is 1. The van der Waals surface area contributed by atoms with Gasteiger partial charge in [0.25, 0.3) is 5.91 Å². The van der Waals surface area contributed by atoms with Crippen molar-refractivity contribution in [3.05, 3.63) is 51.5 Å². The number of nitrogens with zero attached hydrogens (tertiary/aromatic N) is 2. The maximum absolute atomic E-state index is 13.1. The van der Waals surface area contributed by atoms with E-state index in [1.807, 2.05) is 17.0 Å². The van der Waals surface area contributed by atoms with Gasteiger partial charge in [0.1, 0.15) is 0 Å². The van der Waals surface area contributed by atoms with E-state index < -0.39 is 6.04 Å². The van der Waals surface area contributed by atoms with Gasteiger partial charge in [0.05, 0.1) is 37.4 Å². The first-order chi connectivity index (χ1) is 13.9. The largest absolute Gasteiger partial charge is 0.493 e. The number of methoxy groups -OCH3 is 2. The lowest BCUT2D eigenvalue weighted by molar-refractivity contribution is -0.123. The topological polar surface area (TPSA) is 59.1 Å². The number of anilines is 1. The van der Waals surface area contributed by atoms with Crippen LogP contribution in [-0.4, -0.2) is 43.5 Å². The summed E-state index contributed by atoms with van der Waals surface area (Å²) in [6.45, 7) is 1.23. The predicted octanol–water partition coefficient (Wildman–Crippen LogP) is 3.70. The first-order valence-corrected chi connectivity index (χ1v) is 9.98. The minimum Gasteiger partial charge on any atom is -0.493 e. The molecule has 152 valence electrons. The number of amides is 2.